The van der Waals surface area contributed by atoms with E-state index in [0.29, 0.717) is 6.42 Å². The first-order valence-electron chi connectivity index (χ1n) is 5.52. The summed E-state index contributed by atoms with van der Waals surface area (Å²) >= 11 is 0. The SMILES string of the molecule is CC(C)(NC(=O)NC1C=CC(C(=O)O)C1)C(N)=O. The Morgan fingerprint density at radius 1 is 1.33 bits per heavy atom. The lowest BCUT2D eigenvalue weighted by Gasteiger charge is -2.23. The van der Waals surface area contributed by atoms with Crippen molar-refractivity contribution in [1.29, 1.82) is 0 Å². The molecule has 1 aliphatic rings. The van der Waals surface area contributed by atoms with Crippen molar-refractivity contribution in [2.24, 2.45) is 11.7 Å². The molecule has 7 heteroatoms. The Morgan fingerprint density at radius 2 is 1.94 bits per heavy atom. The van der Waals surface area contributed by atoms with Crippen LogP contribution < -0.4 is 16.4 Å². The third kappa shape index (κ3) is 3.47. The van der Waals surface area contributed by atoms with Crippen molar-refractivity contribution in [2.75, 3.05) is 0 Å². The zero-order valence-corrected chi connectivity index (χ0v) is 10.3. The molecule has 0 heterocycles. The quantitative estimate of drug-likeness (QED) is 0.509. The Morgan fingerprint density at radius 3 is 2.39 bits per heavy atom. The minimum absolute atomic E-state index is 0.305. The Bertz CT molecular complexity index is 403. The van der Waals surface area contributed by atoms with E-state index in [4.69, 9.17) is 10.8 Å². The normalized spacial score (nSPS) is 22.6. The van der Waals surface area contributed by atoms with E-state index in [1.807, 2.05) is 0 Å². The van der Waals surface area contributed by atoms with Crippen LogP contribution in [-0.2, 0) is 9.59 Å². The van der Waals surface area contributed by atoms with Crippen molar-refractivity contribution < 1.29 is 19.5 Å². The second-order valence-electron chi connectivity index (χ2n) is 4.76. The zero-order chi connectivity index (χ0) is 13.9. The van der Waals surface area contributed by atoms with Gasteiger partial charge in [0.15, 0.2) is 0 Å². The monoisotopic (exact) mass is 255 g/mol. The van der Waals surface area contributed by atoms with Crippen molar-refractivity contribution >= 4 is 17.9 Å². The molecule has 18 heavy (non-hydrogen) atoms. The minimum Gasteiger partial charge on any atom is -0.481 e. The summed E-state index contributed by atoms with van der Waals surface area (Å²) in [5, 5.41) is 13.8. The molecule has 0 saturated carbocycles. The molecule has 0 aromatic rings. The number of carboxylic acids is 1. The molecule has 0 aromatic carbocycles. The van der Waals surface area contributed by atoms with Gasteiger partial charge in [0.05, 0.1) is 12.0 Å². The van der Waals surface area contributed by atoms with Gasteiger partial charge >= 0.3 is 12.0 Å². The van der Waals surface area contributed by atoms with E-state index in [9.17, 15) is 14.4 Å². The van der Waals surface area contributed by atoms with Crippen LogP contribution >= 0.6 is 0 Å². The maximum absolute atomic E-state index is 11.6. The second kappa shape index (κ2) is 5.07. The molecule has 5 N–H and O–H groups in total. The van der Waals surface area contributed by atoms with Gasteiger partial charge in [-0.15, -0.1) is 0 Å². The minimum atomic E-state index is -1.15. The topological polar surface area (TPSA) is 122 Å². The number of aliphatic carboxylic acids is 1. The lowest BCUT2D eigenvalue weighted by atomic mass is 10.1. The van der Waals surface area contributed by atoms with Gasteiger partial charge in [0.2, 0.25) is 5.91 Å². The summed E-state index contributed by atoms with van der Waals surface area (Å²) in [6.45, 7) is 2.97. The number of carbonyl (C=O) groups excluding carboxylic acids is 2. The van der Waals surface area contributed by atoms with Gasteiger partial charge in [-0.25, -0.2) is 4.79 Å². The van der Waals surface area contributed by atoms with Gasteiger partial charge in [0.25, 0.3) is 0 Å². The fourth-order valence-corrected chi connectivity index (χ4v) is 1.54. The summed E-state index contributed by atoms with van der Waals surface area (Å²) in [6, 6.07) is -0.908. The molecule has 2 unspecified atom stereocenters. The standard InChI is InChI=1S/C11H17N3O4/c1-11(2,9(12)17)14-10(18)13-7-4-3-6(5-7)8(15)16/h3-4,6-7H,5H2,1-2H3,(H2,12,17)(H,15,16)(H2,13,14,18). The molecule has 0 radical (unpaired) electrons. The molecule has 2 atom stereocenters. The van der Waals surface area contributed by atoms with Crippen molar-refractivity contribution in [3.05, 3.63) is 12.2 Å². The number of carbonyl (C=O) groups is 3. The van der Waals surface area contributed by atoms with E-state index >= 15 is 0 Å². The van der Waals surface area contributed by atoms with E-state index < -0.39 is 29.4 Å². The van der Waals surface area contributed by atoms with Gasteiger partial charge in [-0.1, -0.05) is 12.2 Å². The number of nitrogens with two attached hydrogens (primary N) is 1. The lowest BCUT2D eigenvalue weighted by molar-refractivity contribution is -0.140. The van der Waals surface area contributed by atoms with Crippen LogP contribution in [0, 0.1) is 5.92 Å². The average molecular weight is 255 g/mol. The number of rotatable bonds is 4. The molecule has 0 saturated heterocycles. The molecule has 0 spiro atoms. The van der Waals surface area contributed by atoms with Crippen molar-refractivity contribution in [1.82, 2.24) is 10.6 Å². The summed E-state index contributed by atoms with van der Waals surface area (Å²) < 4.78 is 0. The zero-order valence-electron chi connectivity index (χ0n) is 10.3. The first-order chi connectivity index (χ1) is 8.22. The maximum atomic E-state index is 11.6. The summed E-state index contributed by atoms with van der Waals surface area (Å²) in [6.07, 6.45) is 3.46. The van der Waals surface area contributed by atoms with Gasteiger partial charge in [0.1, 0.15) is 5.54 Å². The number of primary amides is 1. The fraction of sp³-hybridized carbons (Fsp3) is 0.545. The van der Waals surface area contributed by atoms with Gasteiger partial charge in [-0.05, 0) is 20.3 Å². The predicted octanol–water partition coefficient (Wildman–Crippen LogP) is -0.421. The number of urea groups is 1. The summed E-state index contributed by atoms with van der Waals surface area (Å²) in [5.74, 6) is -2.16. The Balaban J connectivity index is 2.46. The van der Waals surface area contributed by atoms with Gasteiger partial charge in [0, 0.05) is 0 Å². The Hall–Kier alpha value is -2.05. The first kappa shape index (κ1) is 14.0. The lowest BCUT2D eigenvalue weighted by Crippen LogP contribution is -2.56. The molecule has 3 amide bonds. The molecular weight excluding hydrogens is 238 g/mol. The predicted molar refractivity (Wildman–Crippen MR) is 63.6 cm³/mol. The van der Waals surface area contributed by atoms with E-state index in [0.717, 1.165) is 0 Å². The maximum Gasteiger partial charge on any atom is 0.316 e. The van der Waals surface area contributed by atoms with Crippen LogP contribution in [0.4, 0.5) is 4.79 Å². The highest BCUT2D eigenvalue weighted by Gasteiger charge is 2.29. The summed E-state index contributed by atoms with van der Waals surface area (Å²) in [5.41, 5.74) is 3.96. The van der Waals surface area contributed by atoms with Crippen molar-refractivity contribution in [3.8, 4) is 0 Å². The molecule has 0 aromatic heterocycles. The highest BCUT2D eigenvalue weighted by molar-refractivity contribution is 5.89. The smallest absolute Gasteiger partial charge is 0.316 e. The first-order valence-corrected chi connectivity index (χ1v) is 5.52. The van der Waals surface area contributed by atoms with E-state index in [1.165, 1.54) is 19.9 Å². The molecule has 100 valence electrons. The summed E-state index contributed by atoms with van der Waals surface area (Å²) in [7, 11) is 0. The van der Waals surface area contributed by atoms with Crippen LogP contribution in [0.3, 0.4) is 0 Å². The van der Waals surface area contributed by atoms with Gasteiger partial charge in [-0.3, -0.25) is 9.59 Å². The third-order valence-corrected chi connectivity index (χ3v) is 2.76. The average Bonchev–Trinajstić information content (AvgIpc) is 2.64. The van der Waals surface area contributed by atoms with E-state index in [-0.39, 0.29) is 6.04 Å². The number of carboxylic acid groups (broad SMARTS) is 1. The van der Waals surface area contributed by atoms with Crippen LogP contribution in [0.25, 0.3) is 0 Å². The van der Waals surface area contributed by atoms with Crippen molar-refractivity contribution in [2.45, 2.75) is 31.8 Å². The molecule has 0 aliphatic heterocycles. The molecule has 1 aliphatic carbocycles. The van der Waals surface area contributed by atoms with Crippen LogP contribution in [0.5, 0.6) is 0 Å². The second-order valence-corrected chi connectivity index (χ2v) is 4.76. The van der Waals surface area contributed by atoms with Gasteiger partial charge in [-0.2, -0.15) is 0 Å². The molecular formula is C11H17N3O4. The van der Waals surface area contributed by atoms with Crippen LogP contribution in [-0.4, -0.2) is 34.6 Å². The highest BCUT2D eigenvalue weighted by atomic mass is 16.4. The number of hydrogen-bond donors (Lipinski definition) is 4. The number of hydrogen-bond acceptors (Lipinski definition) is 3. The van der Waals surface area contributed by atoms with Crippen molar-refractivity contribution in [3.63, 3.8) is 0 Å². The van der Waals surface area contributed by atoms with E-state index in [2.05, 4.69) is 10.6 Å². The molecule has 7 nitrogen and oxygen atoms in total. The van der Waals surface area contributed by atoms with E-state index in [1.54, 1.807) is 6.08 Å². The molecule has 0 bridgehead atoms. The highest BCUT2D eigenvalue weighted by Crippen LogP contribution is 2.17. The third-order valence-electron chi connectivity index (χ3n) is 2.76. The van der Waals surface area contributed by atoms with Crippen LogP contribution in [0.15, 0.2) is 12.2 Å². The van der Waals surface area contributed by atoms with Crippen LogP contribution in [0.1, 0.15) is 20.3 Å². The molecule has 0 fully saturated rings. The van der Waals surface area contributed by atoms with Crippen LogP contribution in [0.2, 0.25) is 0 Å². The van der Waals surface area contributed by atoms with Gasteiger partial charge < -0.3 is 21.5 Å². The number of amides is 3. The number of nitrogens with one attached hydrogen (secondary N) is 2. The Labute approximate surface area is 104 Å². The Kier molecular flexibility index (Phi) is 3.95. The summed E-state index contributed by atoms with van der Waals surface area (Å²) in [4.78, 5) is 33.3. The molecule has 1 rings (SSSR count). The fourth-order valence-electron chi connectivity index (χ4n) is 1.54. The largest absolute Gasteiger partial charge is 0.481 e.